The second-order valence-corrected chi connectivity index (χ2v) is 6.97. The van der Waals surface area contributed by atoms with Gasteiger partial charge in [0, 0.05) is 19.4 Å². The van der Waals surface area contributed by atoms with Gasteiger partial charge < -0.3 is 9.47 Å². The molecule has 0 unspecified atom stereocenters. The number of carbonyl (C=O) groups excluding carboxylic acids is 1. The second kappa shape index (κ2) is 7.63. The zero-order chi connectivity index (χ0) is 17.0. The lowest BCUT2D eigenvalue weighted by molar-refractivity contribution is -0.146. The molecule has 4 heteroatoms. The molecule has 23 heavy (non-hydrogen) atoms. The van der Waals surface area contributed by atoms with Gasteiger partial charge in [0.15, 0.2) is 0 Å². The van der Waals surface area contributed by atoms with Gasteiger partial charge in [0.05, 0.1) is 5.60 Å². The van der Waals surface area contributed by atoms with E-state index in [1.54, 1.807) is 7.11 Å². The van der Waals surface area contributed by atoms with Crippen LogP contribution in [0.25, 0.3) is 5.57 Å². The fourth-order valence-corrected chi connectivity index (χ4v) is 3.92. The molecule has 1 aliphatic rings. The van der Waals surface area contributed by atoms with Crippen molar-refractivity contribution < 1.29 is 14.3 Å². The van der Waals surface area contributed by atoms with Crippen molar-refractivity contribution >= 4 is 27.5 Å². The van der Waals surface area contributed by atoms with Crippen molar-refractivity contribution in [1.29, 1.82) is 0 Å². The summed E-state index contributed by atoms with van der Waals surface area (Å²) in [6.07, 6.45) is 1.52. The minimum absolute atomic E-state index is 0.185. The van der Waals surface area contributed by atoms with Crippen LogP contribution in [-0.4, -0.2) is 30.1 Å². The third kappa shape index (κ3) is 4.04. The molecule has 1 aromatic rings. The van der Waals surface area contributed by atoms with Gasteiger partial charge in [0.25, 0.3) is 0 Å². The zero-order valence-electron chi connectivity index (χ0n) is 14.3. The highest BCUT2D eigenvalue weighted by Gasteiger charge is 2.40. The van der Waals surface area contributed by atoms with E-state index in [0.717, 1.165) is 23.7 Å². The smallest absolute Gasteiger partial charge is 0.303 e. The molecule has 0 saturated heterocycles. The average Bonchev–Trinajstić information content (AvgIpc) is 2.56. The fourth-order valence-electron chi connectivity index (χ4n) is 3.24. The van der Waals surface area contributed by atoms with Gasteiger partial charge in [-0.1, -0.05) is 46.3 Å². The van der Waals surface area contributed by atoms with Crippen LogP contribution in [0.15, 0.2) is 35.9 Å². The molecule has 126 valence electrons. The molecule has 1 aliphatic carbocycles. The number of alkyl halides is 1. The minimum atomic E-state index is -0.293. The highest BCUT2D eigenvalue weighted by Crippen LogP contribution is 2.43. The number of halogens is 1. The molecule has 0 amide bonds. The quantitative estimate of drug-likeness (QED) is 0.552. The van der Waals surface area contributed by atoms with Crippen LogP contribution < -0.4 is 0 Å². The Morgan fingerprint density at radius 2 is 2.00 bits per heavy atom. The number of allylic oxidation sites excluding steroid dienone is 1. The second-order valence-electron chi connectivity index (χ2n) is 6.41. The van der Waals surface area contributed by atoms with Crippen molar-refractivity contribution in [2.45, 2.75) is 45.3 Å². The van der Waals surface area contributed by atoms with Crippen LogP contribution in [0.5, 0.6) is 0 Å². The van der Waals surface area contributed by atoms with Gasteiger partial charge in [-0.15, -0.1) is 0 Å². The predicted octanol–water partition coefficient (Wildman–Crippen LogP) is 4.60. The molecule has 3 nitrogen and oxygen atoms in total. The molecular weight excluding hydrogens is 356 g/mol. The third-order valence-electron chi connectivity index (χ3n) is 4.93. The summed E-state index contributed by atoms with van der Waals surface area (Å²) in [5.74, 6) is 0.0375. The van der Waals surface area contributed by atoms with E-state index >= 15 is 0 Å². The summed E-state index contributed by atoms with van der Waals surface area (Å²) in [5, 5.41) is 0.745. The Morgan fingerprint density at radius 3 is 2.52 bits per heavy atom. The van der Waals surface area contributed by atoms with E-state index in [4.69, 9.17) is 9.47 Å². The molecule has 2 rings (SSSR count). The Balaban J connectivity index is 2.42. The molecule has 0 bridgehead atoms. The van der Waals surface area contributed by atoms with Crippen molar-refractivity contribution in [3.8, 4) is 0 Å². The summed E-state index contributed by atoms with van der Waals surface area (Å²) < 4.78 is 11.4. The average molecular weight is 381 g/mol. The number of methoxy groups -OCH3 is 1. The molecule has 0 N–H and O–H groups in total. The molecule has 0 saturated carbocycles. The van der Waals surface area contributed by atoms with Gasteiger partial charge in [0.2, 0.25) is 0 Å². The number of esters is 1. The maximum Gasteiger partial charge on any atom is 0.303 e. The molecule has 0 heterocycles. The first-order valence-electron chi connectivity index (χ1n) is 7.94. The molecular formula is C19H25BrO3. The summed E-state index contributed by atoms with van der Waals surface area (Å²) in [5.41, 5.74) is 3.31. The van der Waals surface area contributed by atoms with Crippen LogP contribution >= 0.6 is 15.9 Å². The van der Waals surface area contributed by atoms with Crippen LogP contribution in [0.2, 0.25) is 0 Å². The Morgan fingerprint density at radius 1 is 1.35 bits per heavy atom. The predicted molar refractivity (Wildman–Crippen MR) is 96.5 cm³/mol. The normalized spacial score (nSPS) is 24.2. The number of ether oxygens (including phenoxy) is 2. The van der Waals surface area contributed by atoms with E-state index in [0.29, 0.717) is 0 Å². The van der Waals surface area contributed by atoms with E-state index in [9.17, 15) is 4.79 Å². The van der Waals surface area contributed by atoms with Crippen molar-refractivity contribution in [3.63, 3.8) is 0 Å². The Hall–Kier alpha value is -1.13. The number of benzene rings is 1. The number of hydrogen-bond acceptors (Lipinski definition) is 3. The minimum Gasteiger partial charge on any atom is -0.458 e. The van der Waals surface area contributed by atoms with Crippen LogP contribution in [0.3, 0.4) is 0 Å². The maximum atomic E-state index is 11.5. The van der Waals surface area contributed by atoms with Crippen molar-refractivity contribution in [3.05, 3.63) is 41.5 Å². The van der Waals surface area contributed by atoms with Crippen molar-refractivity contribution in [1.82, 2.24) is 0 Å². The van der Waals surface area contributed by atoms with Crippen molar-refractivity contribution in [2.24, 2.45) is 5.92 Å². The number of hydrogen-bond donors (Lipinski definition) is 0. The summed E-state index contributed by atoms with van der Waals surface area (Å²) in [4.78, 5) is 11.5. The van der Waals surface area contributed by atoms with Crippen LogP contribution in [0, 0.1) is 5.92 Å². The van der Waals surface area contributed by atoms with E-state index < -0.39 is 0 Å². The first kappa shape index (κ1) is 18.2. The molecule has 0 radical (unpaired) electrons. The molecule has 0 spiro atoms. The van der Waals surface area contributed by atoms with Gasteiger partial charge in [-0.05, 0) is 49.3 Å². The summed E-state index contributed by atoms with van der Waals surface area (Å²) in [6.45, 7) is 5.66. The molecule has 0 aliphatic heterocycles. The van der Waals surface area contributed by atoms with Crippen LogP contribution in [-0.2, 0) is 14.3 Å². The Bertz CT molecular complexity index is 576. The zero-order valence-corrected chi connectivity index (χ0v) is 15.9. The monoisotopic (exact) mass is 380 g/mol. The van der Waals surface area contributed by atoms with Crippen molar-refractivity contribution in [2.75, 3.05) is 12.4 Å². The van der Waals surface area contributed by atoms with Gasteiger partial charge in [-0.25, -0.2) is 0 Å². The highest BCUT2D eigenvalue weighted by molar-refractivity contribution is 9.09. The topological polar surface area (TPSA) is 35.5 Å². The standard InChI is InChI=1S/C19H25BrO3/c1-13-17(15-8-6-5-7-9-15)10-16(19(3,12-20)22-4)11-18(13)23-14(2)21/h5-9,16,18H,10-12H2,1-4H3/t16-,18-,19-/m1/s1. The summed E-state index contributed by atoms with van der Waals surface area (Å²) in [7, 11) is 1.75. The van der Waals surface area contributed by atoms with Crippen LogP contribution in [0.1, 0.15) is 39.2 Å². The lowest BCUT2D eigenvalue weighted by Crippen LogP contribution is -2.43. The molecule has 0 aromatic heterocycles. The summed E-state index contributed by atoms with van der Waals surface area (Å²) in [6, 6.07) is 10.3. The maximum absolute atomic E-state index is 11.5. The van der Waals surface area contributed by atoms with Gasteiger partial charge in [0.1, 0.15) is 6.10 Å². The Kier molecular flexibility index (Phi) is 6.04. The van der Waals surface area contributed by atoms with Gasteiger partial charge in [-0.2, -0.15) is 0 Å². The number of rotatable bonds is 5. The first-order valence-corrected chi connectivity index (χ1v) is 9.06. The largest absolute Gasteiger partial charge is 0.458 e. The van der Waals surface area contributed by atoms with Gasteiger partial charge >= 0.3 is 5.97 Å². The summed E-state index contributed by atoms with van der Waals surface area (Å²) >= 11 is 3.58. The van der Waals surface area contributed by atoms with E-state index in [-0.39, 0.29) is 23.6 Å². The van der Waals surface area contributed by atoms with E-state index in [2.05, 4.69) is 41.9 Å². The number of carbonyl (C=O) groups is 1. The molecule has 0 fully saturated rings. The van der Waals surface area contributed by atoms with Gasteiger partial charge in [-0.3, -0.25) is 4.79 Å². The Labute approximate surface area is 147 Å². The third-order valence-corrected chi connectivity index (χ3v) is 6.05. The van der Waals surface area contributed by atoms with E-state index in [1.807, 2.05) is 18.2 Å². The first-order chi connectivity index (χ1) is 10.9. The molecule has 3 atom stereocenters. The van der Waals surface area contributed by atoms with E-state index in [1.165, 1.54) is 18.1 Å². The lowest BCUT2D eigenvalue weighted by Gasteiger charge is -2.41. The SMILES string of the molecule is CO[C@](C)(CBr)[C@@H]1CC(c2ccccc2)=C(C)[C@H](OC(C)=O)C1. The van der Waals surface area contributed by atoms with Crippen LogP contribution in [0.4, 0.5) is 0 Å². The lowest BCUT2D eigenvalue weighted by atomic mass is 9.73. The highest BCUT2D eigenvalue weighted by atomic mass is 79.9. The fraction of sp³-hybridized carbons (Fsp3) is 0.526. The molecule has 1 aromatic carbocycles.